The third kappa shape index (κ3) is 4.18. The Balaban J connectivity index is 2.08. The predicted octanol–water partition coefficient (Wildman–Crippen LogP) is 3.26. The van der Waals surface area contributed by atoms with E-state index in [4.69, 9.17) is 15.2 Å². The minimum absolute atomic E-state index is 0.0169. The molecule has 150 valence electrons. The average Bonchev–Trinajstić information content (AvgIpc) is 2.65. The Morgan fingerprint density at radius 3 is 2.71 bits per heavy atom. The smallest absolute Gasteiger partial charge is 0.260 e. The van der Waals surface area contributed by atoms with Gasteiger partial charge in [-0.05, 0) is 42.8 Å². The quantitative estimate of drug-likeness (QED) is 0.604. The first-order valence-corrected chi connectivity index (χ1v) is 9.71. The summed E-state index contributed by atoms with van der Waals surface area (Å²) in [5, 5.41) is 2.55. The van der Waals surface area contributed by atoms with E-state index in [9.17, 15) is 4.79 Å². The summed E-state index contributed by atoms with van der Waals surface area (Å²) in [4.78, 5) is 17.5. The van der Waals surface area contributed by atoms with Gasteiger partial charge in [-0.25, -0.2) is 0 Å². The van der Waals surface area contributed by atoms with E-state index in [1.54, 1.807) is 17.9 Å². The Morgan fingerprint density at radius 2 is 2.00 bits per heavy atom. The molecule has 0 aliphatic carbocycles. The number of methoxy groups -OCH3 is 1. The molecular weight excluding hydrogens is 354 g/mol. The normalized spacial score (nSPS) is 12.8. The maximum atomic E-state index is 13.2. The first kappa shape index (κ1) is 20.3. The van der Waals surface area contributed by atoms with E-state index in [1.165, 1.54) is 0 Å². The van der Waals surface area contributed by atoms with E-state index in [-0.39, 0.29) is 11.6 Å². The Hall–Kier alpha value is -2.44. The number of aryl methyl sites for hydroxylation is 1. The topological polar surface area (TPSA) is 79.4 Å². The average molecular weight is 383 g/mol. The van der Waals surface area contributed by atoms with Crippen molar-refractivity contribution >= 4 is 21.7 Å². The van der Waals surface area contributed by atoms with Crippen LogP contribution in [0, 0.1) is 12.8 Å². The lowest BCUT2D eigenvalue weighted by Gasteiger charge is -2.17. The van der Waals surface area contributed by atoms with Gasteiger partial charge in [0.05, 0.1) is 23.2 Å². The minimum atomic E-state index is -0.0567. The monoisotopic (exact) mass is 383 g/mol. The maximum absolute atomic E-state index is 13.2. The minimum Gasteiger partial charge on any atom is -0.492 e. The van der Waals surface area contributed by atoms with E-state index in [0.29, 0.717) is 36.8 Å². The van der Waals surface area contributed by atoms with Crippen LogP contribution in [-0.4, -0.2) is 35.9 Å². The van der Waals surface area contributed by atoms with Gasteiger partial charge in [0.25, 0.3) is 5.56 Å². The van der Waals surface area contributed by atoms with Gasteiger partial charge in [-0.3, -0.25) is 9.78 Å². The molecule has 0 saturated heterocycles. The van der Waals surface area contributed by atoms with Crippen molar-refractivity contribution in [1.82, 2.24) is 9.55 Å². The summed E-state index contributed by atoms with van der Waals surface area (Å²) >= 11 is 0. The molecule has 0 saturated carbocycles. The molecule has 6 nitrogen and oxygen atoms in total. The van der Waals surface area contributed by atoms with Gasteiger partial charge in [0, 0.05) is 37.3 Å². The second-order valence-electron chi connectivity index (χ2n) is 7.65. The highest BCUT2D eigenvalue weighted by molar-refractivity contribution is 6.06. The summed E-state index contributed by atoms with van der Waals surface area (Å²) in [6.07, 6.45) is 2.65. The van der Waals surface area contributed by atoms with Crippen LogP contribution < -0.4 is 16.0 Å². The lowest BCUT2D eigenvalue weighted by atomic mass is 10.0. The van der Waals surface area contributed by atoms with E-state index >= 15 is 0 Å². The van der Waals surface area contributed by atoms with Crippen LogP contribution in [0.2, 0.25) is 0 Å². The number of rotatable bonds is 8. The summed E-state index contributed by atoms with van der Waals surface area (Å²) < 4.78 is 12.9. The van der Waals surface area contributed by atoms with Crippen LogP contribution in [0.5, 0.6) is 5.75 Å². The first-order chi connectivity index (χ1) is 13.4. The molecule has 0 amide bonds. The van der Waals surface area contributed by atoms with Gasteiger partial charge in [-0.1, -0.05) is 13.8 Å². The van der Waals surface area contributed by atoms with Crippen molar-refractivity contribution in [3.8, 4) is 5.75 Å². The third-order valence-corrected chi connectivity index (χ3v) is 4.91. The Morgan fingerprint density at radius 1 is 1.21 bits per heavy atom. The molecule has 3 rings (SSSR count). The van der Waals surface area contributed by atoms with Crippen LogP contribution in [0.4, 0.5) is 0 Å². The summed E-state index contributed by atoms with van der Waals surface area (Å²) in [7, 11) is 1.63. The number of nitrogens with zero attached hydrogens (tertiary/aromatic N) is 2. The summed E-state index contributed by atoms with van der Waals surface area (Å²) in [6.45, 7) is 7.52. The molecule has 0 fully saturated rings. The van der Waals surface area contributed by atoms with Crippen LogP contribution in [0.25, 0.3) is 21.7 Å². The van der Waals surface area contributed by atoms with Crippen LogP contribution in [0.1, 0.15) is 26.0 Å². The van der Waals surface area contributed by atoms with E-state index in [0.717, 1.165) is 28.4 Å². The summed E-state index contributed by atoms with van der Waals surface area (Å²) in [6, 6.07) is 7.74. The van der Waals surface area contributed by atoms with Crippen molar-refractivity contribution in [3.05, 3.63) is 46.5 Å². The highest BCUT2D eigenvalue weighted by Gasteiger charge is 2.14. The number of benzene rings is 1. The highest BCUT2D eigenvalue weighted by atomic mass is 16.5. The fraction of sp³-hybridized carbons (Fsp3) is 0.455. The summed E-state index contributed by atoms with van der Waals surface area (Å²) in [5.74, 6) is 1.24. The molecule has 3 aromatic rings. The van der Waals surface area contributed by atoms with E-state index in [1.807, 2.05) is 31.2 Å². The highest BCUT2D eigenvalue weighted by Crippen LogP contribution is 2.27. The predicted molar refractivity (Wildman–Crippen MR) is 113 cm³/mol. The lowest BCUT2D eigenvalue weighted by Crippen LogP contribution is -2.29. The van der Waals surface area contributed by atoms with Gasteiger partial charge >= 0.3 is 0 Å². The number of pyridine rings is 2. The van der Waals surface area contributed by atoms with Crippen molar-refractivity contribution < 1.29 is 9.47 Å². The second kappa shape index (κ2) is 8.71. The number of ether oxygens (including phenoxy) is 2. The SMILES string of the molecule is COCCn1c(=O)c2c(C)nccc2c2ccc(OCC(N)CC(C)C)cc21. The van der Waals surface area contributed by atoms with Gasteiger partial charge in [-0.15, -0.1) is 0 Å². The fourth-order valence-corrected chi connectivity index (χ4v) is 3.64. The van der Waals surface area contributed by atoms with Gasteiger partial charge < -0.3 is 19.8 Å². The molecule has 1 unspecified atom stereocenters. The Bertz CT molecular complexity index is 1030. The van der Waals surface area contributed by atoms with Crippen molar-refractivity contribution in [2.75, 3.05) is 20.3 Å². The lowest BCUT2D eigenvalue weighted by molar-refractivity contribution is 0.187. The van der Waals surface area contributed by atoms with Gasteiger partial charge in [-0.2, -0.15) is 0 Å². The molecule has 0 radical (unpaired) electrons. The molecule has 1 atom stereocenters. The van der Waals surface area contributed by atoms with Crippen LogP contribution in [0.15, 0.2) is 35.3 Å². The first-order valence-electron chi connectivity index (χ1n) is 9.71. The van der Waals surface area contributed by atoms with Crippen molar-refractivity contribution in [1.29, 1.82) is 0 Å². The van der Waals surface area contributed by atoms with Gasteiger partial charge in [0.15, 0.2) is 0 Å². The molecule has 2 N–H and O–H groups in total. The number of aromatic nitrogens is 2. The van der Waals surface area contributed by atoms with Gasteiger partial charge in [0.1, 0.15) is 12.4 Å². The van der Waals surface area contributed by atoms with Gasteiger partial charge in [0.2, 0.25) is 0 Å². The molecule has 28 heavy (non-hydrogen) atoms. The molecule has 2 aromatic heterocycles. The van der Waals surface area contributed by atoms with Crippen molar-refractivity contribution in [2.45, 2.75) is 39.8 Å². The number of nitrogens with two attached hydrogens (primary N) is 1. The zero-order chi connectivity index (χ0) is 20.3. The zero-order valence-electron chi connectivity index (χ0n) is 17.1. The second-order valence-corrected chi connectivity index (χ2v) is 7.65. The number of hydrogen-bond donors (Lipinski definition) is 1. The molecule has 2 heterocycles. The molecule has 1 aromatic carbocycles. The van der Waals surface area contributed by atoms with E-state index in [2.05, 4.69) is 18.8 Å². The van der Waals surface area contributed by atoms with Crippen LogP contribution >= 0.6 is 0 Å². The molecular formula is C22H29N3O3. The Labute approximate surface area is 165 Å². The fourth-order valence-electron chi connectivity index (χ4n) is 3.64. The van der Waals surface area contributed by atoms with Crippen molar-refractivity contribution in [3.63, 3.8) is 0 Å². The number of hydrogen-bond acceptors (Lipinski definition) is 5. The molecule has 0 aliphatic heterocycles. The van der Waals surface area contributed by atoms with Crippen molar-refractivity contribution in [2.24, 2.45) is 11.7 Å². The van der Waals surface area contributed by atoms with Crippen LogP contribution in [-0.2, 0) is 11.3 Å². The largest absolute Gasteiger partial charge is 0.492 e. The molecule has 0 spiro atoms. The Kier molecular flexibility index (Phi) is 6.31. The third-order valence-electron chi connectivity index (χ3n) is 4.91. The molecule has 0 aliphatic rings. The molecule has 0 bridgehead atoms. The van der Waals surface area contributed by atoms with E-state index < -0.39 is 0 Å². The maximum Gasteiger partial charge on any atom is 0.260 e. The van der Waals surface area contributed by atoms with Crippen LogP contribution in [0.3, 0.4) is 0 Å². The zero-order valence-corrected chi connectivity index (χ0v) is 17.1. The standard InChI is InChI=1S/C22H29N3O3/c1-14(2)11-16(23)13-28-17-5-6-18-19-7-8-24-15(3)21(19)22(26)25(9-10-27-4)20(18)12-17/h5-8,12,14,16H,9-11,13,23H2,1-4H3. The summed E-state index contributed by atoms with van der Waals surface area (Å²) in [5.41, 5.74) is 7.65. The molecule has 6 heteroatoms. The number of fused-ring (bicyclic) bond motifs is 3.